The van der Waals surface area contributed by atoms with Crippen molar-refractivity contribution in [1.82, 2.24) is 4.98 Å². The molecule has 0 aliphatic carbocycles. The molecule has 0 spiro atoms. The normalized spacial score (nSPS) is 11.1. The van der Waals surface area contributed by atoms with Gasteiger partial charge in [0.25, 0.3) is 0 Å². The van der Waals surface area contributed by atoms with Crippen molar-refractivity contribution >= 4 is 50.2 Å². The highest BCUT2D eigenvalue weighted by atomic mass is 79.9. The van der Waals surface area contributed by atoms with E-state index in [1.165, 1.54) is 17.6 Å². The molecule has 0 fully saturated rings. The van der Waals surface area contributed by atoms with Crippen LogP contribution in [0, 0.1) is 12.7 Å². The molecule has 0 bridgehead atoms. The smallest absolute Gasteiger partial charge is 0.203 e. The molecule has 0 saturated carbocycles. The first kappa shape index (κ1) is 13.5. The summed E-state index contributed by atoms with van der Waals surface area (Å²) < 4.78 is 14.2. The molecule has 0 aliphatic rings. The van der Waals surface area contributed by atoms with Gasteiger partial charge in [0.2, 0.25) is 5.13 Å². The summed E-state index contributed by atoms with van der Waals surface area (Å²) in [5, 5.41) is 6.52. The van der Waals surface area contributed by atoms with Gasteiger partial charge in [0.1, 0.15) is 0 Å². The molecule has 1 N–H and O–H groups in total. The monoisotopic (exact) mass is 347 g/mol. The lowest BCUT2D eigenvalue weighted by Gasteiger charge is -2.01. The van der Waals surface area contributed by atoms with Crippen molar-refractivity contribution in [3.05, 3.63) is 44.1 Å². The van der Waals surface area contributed by atoms with Crippen LogP contribution in [0.25, 0.3) is 0 Å². The minimum atomic E-state index is -0.507. The van der Waals surface area contributed by atoms with E-state index >= 15 is 0 Å². The number of halogens is 3. The maximum Gasteiger partial charge on any atom is 0.203 e. The van der Waals surface area contributed by atoms with Gasteiger partial charge in [0, 0.05) is 15.4 Å². The zero-order chi connectivity index (χ0) is 13.1. The number of hydrogen-bond donors (Lipinski definition) is 1. The zero-order valence-electron chi connectivity index (χ0n) is 9.25. The van der Waals surface area contributed by atoms with Crippen LogP contribution in [-0.4, -0.2) is 11.2 Å². The summed E-state index contributed by atoms with van der Waals surface area (Å²) in [7, 11) is 0. The van der Waals surface area contributed by atoms with Crippen molar-refractivity contribution in [3.8, 4) is 0 Å². The summed E-state index contributed by atoms with van der Waals surface area (Å²) in [5.74, 6) is -0.507. The van der Waals surface area contributed by atoms with Crippen LogP contribution in [0.15, 0.2) is 27.1 Å². The molecule has 7 heteroatoms. The third kappa shape index (κ3) is 3.07. The third-order valence-electron chi connectivity index (χ3n) is 2.05. The van der Waals surface area contributed by atoms with E-state index in [2.05, 4.69) is 31.4 Å². The van der Waals surface area contributed by atoms with Crippen LogP contribution in [0.3, 0.4) is 0 Å². The Hall–Kier alpha value is -0.980. The molecule has 18 heavy (non-hydrogen) atoms. The molecule has 0 saturated heterocycles. The minimum absolute atomic E-state index is 0.0454. The van der Waals surface area contributed by atoms with E-state index in [-0.39, 0.29) is 5.02 Å². The number of aromatic nitrogens is 1. The Kier molecular flexibility index (Phi) is 4.31. The summed E-state index contributed by atoms with van der Waals surface area (Å²) in [5.41, 5.74) is 3.95. The van der Waals surface area contributed by atoms with Crippen LogP contribution >= 0.6 is 38.9 Å². The SMILES string of the molecule is Cc1csc(NN=Cc2ccc(Br)c(Cl)c2F)n1. The standard InChI is InChI=1S/C11H8BrClFN3S/c1-6-5-18-11(16-6)17-15-4-7-2-3-8(12)9(13)10(7)14/h2-5H,1H3,(H,16,17). The molecule has 0 unspecified atom stereocenters. The van der Waals surface area contributed by atoms with Gasteiger partial charge in [-0.05, 0) is 35.0 Å². The quantitative estimate of drug-likeness (QED) is 0.505. The number of aryl methyl sites for hydroxylation is 1. The molecular formula is C11H8BrClFN3S. The second kappa shape index (κ2) is 5.77. The van der Waals surface area contributed by atoms with Crippen LogP contribution in [0.5, 0.6) is 0 Å². The molecule has 2 aromatic rings. The van der Waals surface area contributed by atoms with E-state index in [0.29, 0.717) is 15.2 Å². The van der Waals surface area contributed by atoms with Crippen molar-refractivity contribution in [2.45, 2.75) is 6.92 Å². The lowest BCUT2D eigenvalue weighted by molar-refractivity contribution is 0.625. The Morgan fingerprint density at radius 2 is 2.33 bits per heavy atom. The van der Waals surface area contributed by atoms with E-state index < -0.39 is 5.82 Å². The highest BCUT2D eigenvalue weighted by Crippen LogP contribution is 2.26. The second-order valence-corrected chi connectivity index (χ2v) is 5.52. The Balaban J connectivity index is 2.12. The Morgan fingerprint density at radius 3 is 3.00 bits per heavy atom. The van der Waals surface area contributed by atoms with Gasteiger partial charge in [0.15, 0.2) is 5.82 Å². The largest absolute Gasteiger partial charge is 0.253 e. The number of rotatable bonds is 3. The van der Waals surface area contributed by atoms with Gasteiger partial charge in [0.05, 0.1) is 16.9 Å². The van der Waals surface area contributed by atoms with Gasteiger partial charge in [-0.25, -0.2) is 9.37 Å². The summed E-state index contributed by atoms with van der Waals surface area (Å²) in [6.07, 6.45) is 1.37. The van der Waals surface area contributed by atoms with E-state index in [9.17, 15) is 4.39 Å². The number of hydrazone groups is 1. The number of hydrogen-bond acceptors (Lipinski definition) is 4. The van der Waals surface area contributed by atoms with Gasteiger partial charge in [-0.2, -0.15) is 5.10 Å². The van der Waals surface area contributed by atoms with Crippen molar-refractivity contribution in [3.63, 3.8) is 0 Å². The topological polar surface area (TPSA) is 37.3 Å². The Labute approximate surface area is 121 Å². The first-order valence-electron chi connectivity index (χ1n) is 4.92. The van der Waals surface area contributed by atoms with Crippen molar-refractivity contribution in [2.24, 2.45) is 5.10 Å². The molecule has 1 heterocycles. The van der Waals surface area contributed by atoms with Crippen LogP contribution < -0.4 is 5.43 Å². The maximum absolute atomic E-state index is 13.7. The number of nitrogens with zero attached hydrogens (tertiary/aromatic N) is 2. The fraction of sp³-hybridized carbons (Fsp3) is 0.0909. The summed E-state index contributed by atoms with van der Waals surface area (Å²) in [6, 6.07) is 3.25. The predicted octanol–water partition coefficient (Wildman–Crippen LogP) is 4.45. The molecule has 1 aromatic carbocycles. The molecule has 0 aliphatic heterocycles. The van der Waals surface area contributed by atoms with E-state index in [4.69, 9.17) is 11.6 Å². The zero-order valence-corrected chi connectivity index (χ0v) is 12.4. The van der Waals surface area contributed by atoms with Crippen LogP contribution in [0.1, 0.15) is 11.3 Å². The van der Waals surface area contributed by atoms with Crippen molar-refractivity contribution in [1.29, 1.82) is 0 Å². The molecule has 0 radical (unpaired) electrons. The van der Waals surface area contributed by atoms with Crippen LogP contribution in [0.4, 0.5) is 9.52 Å². The van der Waals surface area contributed by atoms with Gasteiger partial charge in [-0.3, -0.25) is 5.43 Å². The summed E-state index contributed by atoms with van der Waals surface area (Å²) in [4.78, 5) is 4.16. The molecule has 1 aromatic heterocycles. The van der Waals surface area contributed by atoms with Gasteiger partial charge in [-0.1, -0.05) is 11.6 Å². The van der Waals surface area contributed by atoms with Crippen molar-refractivity contribution in [2.75, 3.05) is 5.43 Å². The molecule has 94 valence electrons. The first-order valence-corrected chi connectivity index (χ1v) is 6.97. The summed E-state index contributed by atoms with van der Waals surface area (Å²) in [6.45, 7) is 1.89. The number of nitrogens with one attached hydrogen (secondary N) is 1. The fourth-order valence-corrected chi connectivity index (χ4v) is 2.32. The Bertz CT molecular complexity index is 600. The minimum Gasteiger partial charge on any atom is -0.253 e. The number of benzene rings is 1. The molecule has 2 rings (SSSR count). The lowest BCUT2D eigenvalue weighted by Crippen LogP contribution is -1.94. The van der Waals surface area contributed by atoms with Gasteiger partial charge in [-0.15, -0.1) is 11.3 Å². The van der Waals surface area contributed by atoms with Gasteiger partial charge < -0.3 is 0 Å². The molecular weight excluding hydrogens is 341 g/mol. The van der Waals surface area contributed by atoms with Gasteiger partial charge >= 0.3 is 0 Å². The average molecular weight is 349 g/mol. The lowest BCUT2D eigenvalue weighted by atomic mass is 10.2. The fourth-order valence-electron chi connectivity index (χ4n) is 1.20. The van der Waals surface area contributed by atoms with Crippen LogP contribution in [0.2, 0.25) is 5.02 Å². The summed E-state index contributed by atoms with van der Waals surface area (Å²) >= 11 is 10.3. The van der Waals surface area contributed by atoms with E-state index in [1.807, 2.05) is 12.3 Å². The highest BCUT2D eigenvalue weighted by Gasteiger charge is 2.08. The number of thiazole rings is 1. The van der Waals surface area contributed by atoms with Crippen molar-refractivity contribution < 1.29 is 4.39 Å². The van der Waals surface area contributed by atoms with Crippen LogP contribution in [-0.2, 0) is 0 Å². The molecule has 0 amide bonds. The predicted molar refractivity (Wildman–Crippen MR) is 77.2 cm³/mol. The molecule has 3 nitrogen and oxygen atoms in total. The third-order valence-corrected chi connectivity index (χ3v) is 4.17. The molecule has 0 atom stereocenters. The first-order chi connectivity index (χ1) is 8.58. The Morgan fingerprint density at radius 1 is 1.56 bits per heavy atom. The second-order valence-electron chi connectivity index (χ2n) is 3.43. The average Bonchev–Trinajstić information content (AvgIpc) is 2.75. The number of anilines is 1. The maximum atomic E-state index is 13.7. The van der Waals surface area contributed by atoms with E-state index in [1.54, 1.807) is 12.1 Å². The highest BCUT2D eigenvalue weighted by molar-refractivity contribution is 9.10. The van der Waals surface area contributed by atoms with E-state index in [0.717, 1.165) is 5.69 Å².